The van der Waals surface area contributed by atoms with Crippen LogP contribution in [0.15, 0.2) is 36.4 Å². The van der Waals surface area contributed by atoms with E-state index < -0.39 is 0 Å². The molecule has 4 heterocycles. The Hall–Kier alpha value is -2.47. The van der Waals surface area contributed by atoms with Crippen LogP contribution < -0.4 is 10.1 Å². The second-order valence-electron chi connectivity index (χ2n) is 7.22. The topological polar surface area (TPSA) is 67.3 Å². The van der Waals surface area contributed by atoms with Crippen LogP contribution in [0.1, 0.15) is 26.7 Å². The van der Waals surface area contributed by atoms with Gasteiger partial charge >= 0.3 is 0 Å². The number of nitrogens with one attached hydrogen (secondary N) is 1. The number of anilines is 1. The zero-order valence-electron chi connectivity index (χ0n) is 15.2. The predicted molar refractivity (Wildman–Crippen MR) is 99.9 cm³/mol. The van der Waals surface area contributed by atoms with Gasteiger partial charge in [0.2, 0.25) is 11.8 Å². The molecular weight excluding hydrogens is 328 g/mol. The maximum atomic E-state index is 11.2. The second kappa shape index (κ2) is 7.03. The van der Waals surface area contributed by atoms with E-state index in [2.05, 4.69) is 27.3 Å². The zero-order chi connectivity index (χ0) is 18.1. The van der Waals surface area contributed by atoms with Gasteiger partial charge in [-0.3, -0.25) is 9.69 Å². The highest BCUT2D eigenvalue weighted by Crippen LogP contribution is 2.34. The lowest BCUT2D eigenvalue weighted by Gasteiger charge is -2.48. The summed E-state index contributed by atoms with van der Waals surface area (Å²) in [5.41, 5.74) is 2.41. The van der Waals surface area contributed by atoms with Crippen LogP contribution in [0.5, 0.6) is 5.88 Å². The Kier molecular flexibility index (Phi) is 4.59. The van der Waals surface area contributed by atoms with Gasteiger partial charge in [-0.1, -0.05) is 12.1 Å². The lowest BCUT2D eigenvalue weighted by molar-refractivity contribution is -0.114. The number of nitrogens with zero attached hydrogens (tertiary/aromatic N) is 3. The van der Waals surface area contributed by atoms with Gasteiger partial charge in [-0.15, -0.1) is 10.2 Å². The molecule has 2 atom stereocenters. The van der Waals surface area contributed by atoms with E-state index in [1.165, 1.54) is 32.9 Å². The van der Waals surface area contributed by atoms with Gasteiger partial charge in [-0.25, -0.2) is 0 Å². The molecule has 0 radical (unpaired) electrons. The summed E-state index contributed by atoms with van der Waals surface area (Å²) in [6, 6.07) is 11.8. The number of aromatic nitrogens is 2. The first-order valence-corrected chi connectivity index (χ1v) is 9.22. The molecule has 1 aromatic carbocycles. The van der Waals surface area contributed by atoms with Crippen molar-refractivity contribution >= 4 is 11.6 Å². The molecule has 136 valence electrons. The molecule has 3 aliphatic rings. The van der Waals surface area contributed by atoms with Crippen molar-refractivity contribution in [3.05, 3.63) is 36.4 Å². The van der Waals surface area contributed by atoms with Crippen molar-refractivity contribution in [2.45, 2.75) is 38.8 Å². The van der Waals surface area contributed by atoms with Crippen molar-refractivity contribution in [3.8, 4) is 17.1 Å². The second-order valence-corrected chi connectivity index (χ2v) is 7.22. The predicted octanol–water partition coefficient (Wildman–Crippen LogP) is 2.96. The number of ether oxygens (including phenoxy) is 1. The van der Waals surface area contributed by atoms with Gasteiger partial charge in [0.25, 0.3) is 0 Å². The SMILES string of the molecule is CC(=O)Nc1cccc(-c2ccc(OC3C4CCN(CC4)C3C)nn2)c1. The van der Waals surface area contributed by atoms with Gasteiger partial charge in [-0.05, 0) is 57.0 Å². The summed E-state index contributed by atoms with van der Waals surface area (Å²) in [6.45, 7) is 6.10. The molecule has 0 aliphatic carbocycles. The van der Waals surface area contributed by atoms with Crippen molar-refractivity contribution in [1.29, 1.82) is 0 Å². The Labute approximate surface area is 153 Å². The van der Waals surface area contributed by atoms with Crippen molar-refractivity contribution in [3.63, 3.8) is 0 Å². The minimum atomic E-state index is -0.0939. The van der Waals surface area contributed by atoms with Gasteiger partial charge in [0.1, 0.15) is 6.10 Å². The first kappa shape index (κ1) is 17.0. The molecule has 5 rings (SSSR count). The first-order valence-electron chi connectivity index (χ1n) is 9.22. The molecule has 2 aromatic rings. The van der Waals surface area contributed by atoms with Crippen LogP contribution in [-0.2, 0) is 4.79 Å². The van der Waals surface area contributed by atoms with E-state index in [9.17, 15) is 4.79 Å². The highest BCUT2D eigenvalue weighted by atomic mass is 16.5. The number of hydrogen-bond acceptors (Lipinski definition) is 5. The summed E-state index contributed by atoms with van der Waals surface area (Å²) >= 11 is 0. The number of rotatable bonds is 4. The van der Waals surface area contributed by atoms with E-state index in [0.29, 0.717) is 17.8 Å². The Morgan fingerprint density at radius 3 is 2.65 bits per heavy atom. The lowest BCUT2D eigenvalue weighted by atomic mass is 9.81. The Morgan fingerprint density at radius 1 is 1.19 bits per heavy atom. The largest absolute Gasteiger partial charge is 0.471 e. The van der Waals surface area contributed by atoms with E-state index in [-0.39, 0.29) is 12.0 Å². The van der Waals surface area contributed by atoms with E-state index >= 15 is 0 Å². The third-order valence-electron chi connectivity index (χ3n) is 5.47. The van der Waals surface area contributed by atoms with E-state index in [1.807, 2.05) is 36.4 Å². The maximum Gasteiger partial charge on any atom is 0.233 e. The fourth-order valence-electron chi connectivity index (χ4n) is 4.09. The summed E-state index contributed by atoms with van der Waals surface area (Å²) in [5.74, 6) is 1.10. The molecule has 3 fully saturated rings. The molecule has 0 spiro atoms. The van der Waals surface area contributed by atoms with Crippen LogP contribution in [0.3, 0.4) is 0 Å². The van der Waals surface area contributed by atoms with Crippen LogP contribution in [0.25, 0.3) is 11.3 Å². The van der Waals surface area contributed by atoms with Gasteiger partial charge < -0.3 is 10.1 Å². The average molecular weight is 352 g/mol. The minimum absolute atomic E-state index is 0.0939. The molecule has 3 saturated heterocycles. The number of amides is 1. The van der Waals surface area contributed by atoms with Crippen LogP contribution in [0.4, 0.5) is 5.69 Å². The van der Waals surface area contributed by atoms with Gasteiger partial charge in [0, 0.05) is 30.3 Å². The summed E-state index contributed by atoms with van der Waals surface area (Å²) in [7, 11) is 0. The van der Waals surface area contributed by atoms with E-state index in [0.717, 1.165) is 16.9 Å². The molecular formula is C20H24N4O2. The molecule has 1 amide bonds. The summed E-state index contributed by atoms with van der Waals surface area (Å²) < 4.78 is 6.20. The molecule has 1 aromatic heterocycles. The van der Waals surface area contributed by atoms with E-state index in [4.69, 9.17) is 4.74 Å². The van der Waals surface area contributed by atoms with Gasteiger partial charge in [0.05, 0.1) is 5.69 Å². The van der Waals surface area contributed by atoms with Crippen molar-refractivity contribution in [1.82, 2.24) is 15.1 Å². The van der Waals surface area contributed by atoms with Crippen molar-refractivity contribution < 1.29 is 9.53 Å². The highest BCUT2D eigenvalue weighted by molar-refractivity contribution is 5.89. The molecule has 6 nitrogen and oxygen atoms in total. The fraction of sp³-hybridized carbons (Fsp3) is 0.450. The standard InChI is InChI=1S/C20H24N4O2/c1-13-20(15-8-10-24(13)11-9-15)26-19-7-6-18(22-23-19)16-4-3-5-17(12-16)21-14(2)25/h3-7,12-13,15,20H,8-11H2,1-2H3,(H,21,25). The number of piperidine rings is 3. The monoisotopic (exact) mass is 352 g/mol. The molecule has 2 bridgehead atoms. The zero-order valence-corrected chi connectivity index (χ0v) is 15.2. The number of hydrogen-bond donors (Lipinski definition) is 1. The van der Waals surface area contributed by atoms with Crippen LogP contribution in [0.2, 0.25) is 0 Å². The van der Waals surface area contributed by atoms with Crippen LogP contribution >= 0.6 is 0 Å². The molecule has 26 heavy (non-hydrogen) atoms. The third-order valence-corrected chi connectivity index (χ3v) is 5.47. The summed E-state index contributed by atoms with van der Waals surface area (Å²) in [5, 5.41) is 11.4. The molecule has 3 aliphatic heterocycles. The normalized spacial score (nSPS) is 27.2. The van der Waals surface area contributed by atoms with Crippen molar-refractivity contribution in [2.24, 2.45) is 5.92 Å². The third kappa shape index (κ3) is 3.42. The fourth-order valence-corrected chi connectivity index (χ4v) is 4.09. The minimum Gasteiger partial charge on any atom is -0.471 e. The quantitative estimate of drug-likeness (QED) is 0.916. The highest BCUT2D eigenvalue weighted by Gasteiger charge is 2.41. The molecule has 1 N–H and O–H groups in total. The Balaban J connectivity index is 1.48. The number of carbonyl (C=O) groups is 1. The smallest absolute Gasteiger partial charge is 0.233 e. The van der Waals surface area contributed by atoms with Gasteiger partial charge in [0.15, 0.2) is 0 Å². The van der Waals surface area contributed by atoms with Crippen LogP contribution in [-0.4, -0.2) is 46.2 Å². The van der Waals surface area contributed by atoms with Crippen molar-refractivity contribution in [2.75, 3.05) is 18.4 Å². The van der Waals surface area contributed by atoms with E-state index in [1.54, 1.807) is 0 Å². The number of fused-ring (bicyclic) bond motifs is 3. The Bertz CT molecular complexity index is 783. The number of carbonyl (C=O) groups excluding carboxylic acids is 1. The number of benzene rings is 1. The summed E-state index contributed by atoms with van der Waals surface area (Å²) in [4.78, 5) is 13.7. The molecule has 0 saturated carbocycles. The average Bonchev–Trinajstić information content (AvgIpc) is 2.65. The lowest BCUT2D eigenvalue weighted by Crippen LogP contribution is -2.58. The summed E-state index contributed by atoms with van der Waals surface area (Å²) in [6.07, 6.45) is 2.60. The first-order chi connectivity index (χ1) is 12.6. The molecule has 6 heteroatoms. The molecule has 2 unspecified atom stereocenters. The Morgan fingerprint density at radius 2 is 2.00 bits per heavy atom. The van der Waals surface area contributed by atoms with Gasteiger partial charge in [-0.2, -0.15) is 0 Å². The maximum absolute atomic E-state index is 11.2. The van der Waals surface area contributed by atoms with Crippen LogP contribution in [0, 0.1) is 5.92 Å².